The van der Waals surface area contributed by atoms with Crippen LogP contribution < -0.4 is 0 Å². The number of benzene rings is 1. The van der Waals surface area contributed by atoms with Crippen molar-refractivity contribution in [2.24, 2.45) is 5.92 Å². The third-order valence-corrected chi connectivity index (χ3v) is 3.92. The second kappa shape index (κ2) is 6.33. The van der Waals surface area contributed by atoms with Gasteiger partial charge in [-0.15, -0.1) is 0 Å². The number of Topliss-reactive ketones (excluding diaryl/α,β-unsaturated/α-hetero) is 1. The van der Waals surface area contributed by atoms with E-state index >= 15 is 0 Å². The molecule has 0 aliphatic heterocycles. The van der Waals surface area contributed by atoms with Crippen molar-refractivity contribution in [2.45, 2.75) is 52.1 Å². The van der Waals surface area contributed by atoms with Crippen molar-refractivity contribution >= 4 is 5.78 Å². The number of carbonyl (C=O) groups excluding carboxylic acids is 1. The molecule has 1 aromatic rings. The fraction of sp³-hybridized carbons (Fsp3) is 0.588. The SMILES string of the molecule is CC(C)CCN(C1CC1)C(C)C(=O)c1ccccc1. The molecule has 0 radical (unpaired) electrons. The van der Waals surface area contributed by atoms with Crippen molar-refractivity contribution in [3.8, 4) is 0 Å². The van der Waals surface area contributed by atoms with Crippen molar-refractivity contribution in [2.75, 3.05) is 6.54 Å². The molecule has 0 N–H and O–H groups in total. The normalized spacial score (nSPS) is 16.9. The second-order valence-corrected chi connectivity index (χ2v) is 6.06. The predicted molar refractivity (Wildman–Crippen MR) is 79.4 cm³/mol. The maximum atomic E-state index is 12.5. The van der Waals surface area contributed by atoms with E-state index in [1.54, 1.807) is 0 Å². The Hall–Kier alpha value is -1.15. The van der Waals surface area contributed by atoms with Crippen LogP contribution in [0.5, 0.6) is 0 Å². The highest BCUT2D eigenvalue weighted by Gasteiger charge is 2.34. The van der Waals surface area contributed by atoms with Crippen LogP contribution in [0.3, 0.4) is 0 Å². The van der Waals surface area contributed by atoms with Gasteiger partial charge in [0.25, 0.3) is 0 Å². The van der Waals surface area contributed by atoms with Crippen LogP contribution >= 0.6 is 0 Å². The van der Waals surface area contributed by atoms with Gasteiger partial charge in [0, 0.05) is 11.6 Å². The quantitative estimate of drug-likeness (QED) is 0.695. The van der Waals surface area contributed by atoms with Crippen LogP contribution in [0.25, 0.3) is 0 Å². The van der Waals surface area contributed by atoms with Crippen LogP contribution in [-0.4, -0.2) is 29.3 Å². The maximum absolute atomic E-state index is 12.5. The average Bonchev–Trinajstić information content (AvgIpc) is 3.23. The molecule has 2 nitrogen and oxygen atoms in total. The van der Waals surface area contributed by atoms with Crippen molar-refractivity contribution < 1.29 is 4.79 Å². The molecule has 1 aliphatic carbocycles. The third-order valence-electron chi connectivity index (χ3n) is 3.92. The number of ketones is 1. The van der Waals surface area contributed by atoms with Crippen molar-refractivity contribution in [1.29, 1.82) is 0 Å². The molecule has 1 atom stereocenters. The third kappa shape index (κ3) is 3.90. The first kappa shape index (κ1) is 14.3. The largest absolute Gasteiger partial charge is 0.292 e. The predicted octanol–water partition coefficient (Wildman–Crippen LogP) is 3.77. The highest BCUT2D eigenvalue weighted by molar-refractivity contribution is 5.99. The van der Waals surface area contributed by atoms with Crippen molar-refractivity contribution in [1.82, 2.24) is 4.90 Å². The standard InChI is InChI=1S/C17H25NO/c1-13(2)11-12-18(16-9-10-16)14(3)17(19)15-7-5-4-6-8-15/h4-8,13-14,16H,9-12H2,1-3H3. The van der Waals surface area contributed by atoms with Crippen LogP contribution in [0, 0.1) is 5.92 Å². The van der Waals surface area contributed by atoms with Gasteiger partial charge in [-0.05, 0) is 38.6 Å². The lowest BCUT2D eigenvalue weighted by atomic mass is 10.0. The molecule has 1 unspecified atom stereocenters. The molecule has 2 rings (SSSR count). The van der Waals surface area contributed by atoms with Gasteiger partial charge in [0.05, 0.1) is 6.04 Å². The Morgan fingerprint density at radius 3 is 2.37 bits per heavy atom. The molecule has 1 aromatic carbocycles. The lowest BCUT2D eigenvalue weighted by Gasteiger charge is -2.28. The molecule has 104 valence electrons. The summed E-state index contributed by atoms with van der Waals surface area (Å²) in [6.07, 6.45) is 3.68. The molecule has 1 saturated carbocycles. The summed E-state index contributed by atoms with van der Waals surface area (Å²) in [5.41, 5.74) is 0.838. The monoisotopic (exact) mass is 259 g/mol. The van der Waals surface area contributed by atoms with E-state index in [2.05, 4.69) is 25.7 Å². The Morgan fingerprint density at radius 1 is 1.21 bits per heavy atom. The van der Waals surface area contributed by atoms with E-state index in [9.17, 15) is 4.79 Å². The van der Waals surface area contributed by atoms with Crippen molar-refractivity contribution in [3.63, 3.8) is 0 Å². The zero-order valence-electron chi connectivity index (χ0n) is 12.3. The Labute approximate surface area is 116 Å². The van der Waals surface area contributed by atoms with E-state index in [1.165, 1.54) is 19.3 Å². The zero-order chi connectivity index (χ0) is 13.8. The number of rotatable bonds is 7. The van der Waals surface area contributed by atoms with E-state index in [0.717, 1.165) is 12.1 Å². The molecule has 0 bridgehead atoms. The van der Waals surface area contributed by atoms with E-state index in [1.807, 2.05) is 30.3 Å². The molecule has 1 aliphatic rings. The lowest BCUT2D eigenvalue weighted by molar-refractivity contribution is 0.0818. The van der Waals surface area contributed by atoms with Gasteiger partial charge < -0.3 is 0 Å². The Morgan fingerprint density at radius 2 is 1.84 bits per heavy atom. The number of carbonyl (C=O) groups is 1. The topological polar surface area (TPSA) is 20.3 Å². The summed E-state index contributed by atoms with van der Waals surface area (Å²) < 4.78 is 0. The summed E-state index contributed by atoms with van der Waals surface area (Å²) in [6.45, 7) is 7.60. The first-order valence-corrected chi connectivity index (χ1v) is 7.44. The minimum atomic E-state index is 0.00801. The summed E-state index contributed by atoms with van der Waals surface area (Å²) in [7, 11) is 0. The van der Waals surface area contributed by atoms with Gasteiger partial charge in [-0.3, -0.25) is 9.69 Å². The first-order chi connectivity index (χ1) is 9.09. The zero-order valence-corrected chi connectivity index (χ0v) is 12.3. The lowest BCUT2D eigenvalue weighted by Crippen LogP contribution is -2.41. The molecule has 0 heterocycles. The molecule has 0 spiro atoms. The van der Waals surface area contributed by atoms with Gasteiger partial charge >= 0.3 is 0 Å². The van der Waals surface area contributed by atoms with E-state index in [4.69, 9.17) is 0 Å². The summed E-state index contributed by atoms with van der Waals surface area (Å²) in [5.74, 6) is 0.955. The Bertz CT molecular complexity index is 409. The fourth-order valence-electron chi connectivity index (χ4n) is 2.50. The van der Waals surface area contributed by atoms with Gasteiger partial charge in [0.2, 0.25) is 0 Å². The summed E-state index contributed by atoms with van der Waals surface area (Å²) in [5, 5.41) is 0. The Balaban J connectivity index is 2.02. The van der Waals surface area contributed by atoms with Crippen LogP contribution in [0.2, 0.25) is 0 Å². The molecule has 1 fully saturated rings. The number of hydrogen-bond acceptors (Lipinski definition) is 2. The highest BCUT2D eigenvalue weighted by atomic mass is 16.1. The highest BCUT2D eigenvalue weighted by Crippen LogP contribution is 2.30. The van der Waals surface area contributed by atoms with Gasteiger partial charge in [-0.1, -0.05) is 44.2 Å². The number of hydrogen-bond donors (Lipinski definition) is 0. The Kier molecular flexibility index (Phi) is 4.76. The average molecular weight is 259 g/mol. The minimum Gasteiger partial charge on any atom is -0.292 e. The molecule has 0 saturated heterocycles. The fourth-order valence-corrected chi connectivity index (χ4v) is 2.50. The summed E-state index contributed by atoms with van der Waals surface area (Å²) in [4.78, 5) is 14.9. The number of nitrogens with zero attached hydrogens (tertiary/aromatic N) is 1. The first-order valence-electron chi connectivity index (χ1n) is 7.44. The van der Waals surface area contributed by atoms with Crippen LogP contribution in [0.1, 0.15) is 50.4 Å². The molecule has 2 heteroatoms. The summed E-state index contributed by atoms with van der Waals surface area (Å²) >= 11 is 0. The molecular formula is C17H25NO. The summed E-state index contributed by atoms with van der Waals surface area (Å²) in [6, 6.07) is 10.3. The van der Waals surface area contributed by atoms with E-state index in [0.29, 0.717) is 12.0 Å². The molecule has 0 amide bonds. The molecular weight excluding hydrogens is 234 g/mol. The smallest absolute Gasteiger partial charge is 0.179 e. The van der Waals surface area contributed by atoms with E-state index < -0.39 is 0 Å². The minimum absolute atomic E-state index is 0.00801. The van der Waals surface area contributed by atoms with Gasteiger partial charge in [0.15, 0.2) is 5.78 Å². The van der Waals surface area contributed by atoms with Gasteiger partial charge in [-0.2, -0.15) is 0 Å². The van der Waals surface area contributed by atoms with Crippen LogP contribution in [0.4, 0.5) is 0 Å². The maximum Gasteiger partial charge on any atom is 0.179 e. The van der Waals surface area contributed by atoms with Crippen molar-refractivity contribution in [3.05, 3.63) is 35.9 Å². The molecule has 19 heavy (non-hydrogen) atoms. The van der Waals surface area contributed by atoms with Gasteiger partial charge in [-0.25, -0.2) is 0 Å². The second-order valence-electron chi connectivity index (χ2n) is 6.06. The van der Waals surface area contributed by atoms with E-state index in [-0.39, 0.29) is 11.8 Å². The van der Waals surface area contributed by atoms with Gasteiger partial charge in [0.1, 0.15) is 0 Å². The van der Waals surface area contributed by atoms with Crippen LogP contribution in [0.15, 0.2) is 30.3 Å². The molecule has 0 aromatic heterocycles. The van der Waals surface area contributed by atoms with Crippen LogP contribution in [-0.2, 0) is 0 Å².